The van der Waals surface area contributed by atoms with Gasteiger partial charge in [-0.2, -0.15) is 9.49 Å². The average Bonchev–Trinajstić information content (AvgIpc) is 3.19. The summed E-state index contributed by atoms with van der Waals surface area (Å²) in [4.78, 5) is 18.4. The normalized spacial score (nSPS) is 16.9. The maximum atomic E-state index is 14.8. The van der Waals surface area contributed by atoms with Gasteiger partial charge < -0.3 is 9.69 Å². The third-order valence-corrected chi connectivity index (χ3v) is 7.43. The highest BCUT2D eigenvalue weighted by Crippen LogP contribution is 2.41. The first-order valence-electron chi connectivity index (χ1n) is 12.3. The molecule has 6 rings (SSSR count). The molecule has 0 spiro atoms. The van der Waals surface area contributed by atoms with Gasteiger partial charge in [-0.3, -0.25) is 10.1 Å². The number of nitrogens with one attached hydrogen (secondary N) is 1. The van der Waals surface area contributed by atoms with Crippen molar-refractivity contribution in [2.45, 2.75) is 32.1 Å². The zero-order valence-corrected chi connectivity index (χ0v) is 19.5. The Bertz CT molecular complexity index is 1400. The number of fused-ring (bicyclic) bond motifs is 3. The van der Waals surface area contributed by atoms with Crippen LogP contribution in [-0.4, -0.2) is 34.6 Å². The molecule has 1 saturated heterocycles. The molecular weight excluding hydrogens is 439 g/mol. The number of carbonyl (C=O) groups is 1. The molecule has 4 aromatic rings. The van der Waals surface area contributed by atoms with Crippen molar-refractivity contribution < 1.29 is 9.18 Å². The summed E-state index contributed by atoms with van der Waals surface area (Å²) < 4.78 is 14.8. The number of rotatable bonds is 4. The highest BCUT2D eigenvalue weighted by atomic mass is 19.1. The largest absolute Gasteiger partial charge is 0.370 e. The third kappa shape index (κ3) is 3.93. The van der Waals surface area contributed by atoms with Crippen LogP contribution in [0.2, 0.25) is 0 Å². The molecule has 2 aromatic heterocycles. The molecule has 2 aliphatic rings. The second-order valence-electron chi connectivity index (χ2n) is 9.46. The Labute approximate surface area is 203 Å². The van der Waals surface area contributed by atoms with E-state index in [0.29, 0.717) is 10.9 Å². The van der Waals surface area contributed by atoms with Crippen LogP contribution in [0.1, 0.15) is 48.1 Å². The summed E-state index contributed by atoms with van der Waals surface area (Å²) in [7, 11) is 0. The number of aromatic amines is 1. The predicted molar refractivity (Wildman–Crippen MR) is 137 cm³/mol. The molecule has 6 heteroatoms. The number of H-pyrrole nitrogens is 1. The van der Waals surface area contributed by atoms with Gasteiger partial charge in [-0.05, 0) is 72.6 Å². The van der Waals surface area contributed by atoms with Gasteiger partial charge in [-0.15, -0.1) is 0 Å². The van der Waals surface area contributed by atoms with Crippen molar-refractivity contribution in [1.29, 1.82) is 0 Å². The van der Waals surface area contributed by atoms with Crippen molar-refractivity contribution in [2.24, 2.45) is 5.92 Å². The number of allylic oxidation sites excluding steroid dienone is 1. The number of pyridine rings is 1. The second kappa shape index (κ2) is 9.10. The number of carbonyl (C=O) groups excluding carboxylic acids is 1. The quantitative estimate of drug-likeness (QED) is 0.386. The van der Waals surface area contributed by atoms with E-state index in [1.165, 1.54) is 11.1 Å². The van der Waals surface area contributed by atoms with E-state index in [4.69, 9.17) is 4.98 Å². The maximum Gasteiger partial charge on any atom is 0.217 e. The van der Waals surface area contributed by atoms with E-state index in [2.05, 4.69) is 57.6 Å². The summed E-state index contributed by atoms with van der Waals surface area (Å²) in [5.41, 5.74) is 8.12. The topological polar surface area (TPSA) is 61.9 Å². The first kappa shape index (κ1) is 21.7. The number of aldehydes is 1. The second-order valence-corrected chi connectivity index (χ2v) is 9.46. The standard InChI is InChI=1S/C29H27FN4O/c30-29-28-23-8-4-7-22(20-5-2-1-3-6-20)27(24(23)10-12-26(28)32-33-29)25-11-9-21(17-31-25)34-15-13-19(18-35)14-16-34/h1-3,5-6,9-12,17-19H,4,7-8,13-16H2,(H,32,33). The van der Waals surface area contributed by atoms with Crippen LogP contribution in [0, 0.1) is 11.9 Å². The number of aryl methyl sites for hydroxylation is 1. The molecule has 5 nitrogen and oxygen atoms in total. The van der Waals surface area contributed by atoms with E-state index in [-0.39, 0.29) is 11.9 Å². The van der Waals surface area contributed by atoms with Crippen LogP contribution >= 0.6 is 0 Å². The van der Waals surface area contributed by atoms with E-state index in [0.717, 1.165) is 79.6 Å². The number of anilines is 1. The van der Waals surface area contributed by atoms with Crippen LogP contribution < -0.4 is 4.90 Å². The summed E-state index contributed by atoms with van der Waals surface area (Å²) in [5, 5.41) is 7.25. The fraction of sp³-hybridized carbons (Fsp3) is 0.276. The number of hydrogen-bond donors (Lipinski definition) is 1. The summed E-state index contributed by atoms with van der Waals surface area (Å²) in [6, 6.07) is 18.6. The number of hydrogen-bond acceptors (Lipinski definition) is 4. The Hall–Kier alpha value is -3.80. The van der Waals surface area contributed by atoms with Gasteiger partial charge in [0.15, 0.2) is 0 Å². The van der Waals surface area contributed by atoms with Gasteiger partial charge in [0.2, 0.25) is 5.95 Å². The molecule has 0 radical (unpaired) electrons. The Morgan fingerprint density at radius 2 is 1.83 bits per heavy atom. The summed E-state index contributed by atoms with van der Waals surface area (Å²) in [6.45, 7) is 1.73. The molecule has 0 saturated carbocycles. The van der Waals surface area contributed by atoms with Crippen LogP contribution in [-0.2, 0) is 11.2 Å². The number of nitrogens with zero attached hydrogens (tertiary/aromatic N) is 3. The molecule has 1 fully saturated rings. The van der Waals surface area contributed by atoms with Crippen LogP contribution in [0.4, 0.5) is 10.1 Å². The molecule has 0 unspecified atom stereocenters. The lowest BCUT2D eigenvalue weighted by molar-refractivity contribution is -0.111. The van der Waals surface area contributed by atoms with E-state index < -0.39 is 0 Å². The lowest BCUT2D eigenvalue weighted by atomic mass is 9.89. The van der Waals surface area contributed by atoms with Gasteiger partial charge in [0, 0.05) is 24.6 Å². The summed E-state index contributed by atoms with van der Waals surface area (Å²) >= 11 is 0. The van der Waals surface area contributed by atoms with Gasteiger partial charge in [-0.1, -0.05) is 36.4 Å². The number of halogens is 1. The highest BCUT2D eigenvalue weighted by Gasteiger charge is 2.25. The first-order chi connectivity index (χ1) is 17.2. The van der Waals surface area contributed by atoms with Crippen LogP contribution in [0.5, 0.6) is 0 Å². The molecule has 0 atom stereocenters. The summed E-state index contributed by atoms with van der Waals surface area (Å²) in [5.74, 6) is -0.207. The number of piperidine rings is 1. The molecular formula is C29H27FN4O. The minimum Gasteiger partial charge on any atom is -0.370 e. The van der Waals surface area contributed by atoms with Gasteiger partial charge in [-0.25, -0.2) is 0 Å². The van der Waals surface area contributed by atoms with Crippen LogP contribution in [0.15, 0.2) is 60.8 Å². The van der Waals surface area contributed by atoms with Crippen molar-refractivity contribution in [3.05, 3.63) is 89.1 Å². The number of aromatic nitrogens is 3. The predicted octanol–water partition coefficient (Wildman–Crippen LogP) is 5.81. The molecule has 35 heavy (non-hydrogen) atoms. The lowest BCUT2D eigenvalue weighted by Crippen LogP contribution is -2.34. The Morgan fingerprint density at radius 1 is 1.00 bits per heavy atom. The molecule has 1 N–H and O–H groups in total. The SMILES string of the molecule is O=CC1CCN(c2ccc(C3=C(c4ccccc4)CCCc4c3ccc3n[nH]c(F)c43)nc2)CC1. The Morgan fingerprint density at radius 3 is 2.57 bits per heavy atom. The van der Waals surface area contributed by atoms with E-state index in [9.17, 15) is 9.18 Å². The van der Waals surface area contributed by atoms with E-state index in [1.54, 1.807) is 0 Å². The van der Waals surface area contributed by atoms with Gasteiger partial charge in [0.1, 0.15) is 6.29 Å². The molecule has 176 valence electrons. The third-order valence-electron chi connectivity index (χ3n) is 7.43. The fourth-order valence-electron chi connectivity index (χ4n) is 5.60. The van der Waals surface area contributed by atoms with Crippen molar-refractivity contribution in [2.75, 3.05) is 18.0 Å². The molecule has 0 bridgehead atoms. The minimum absolute atomic E-state index is 0.166. The minimum atomic E-state index is -0.374. The van der Waals surface area contributed by atoms with Gasteiger partial charge in [0.25, 0.3) is 0 Å². The van der Waals surface area contributed by atoms with Crippen LogP contribution in [0.25, 0.3) is 22.0 Å². The monoisotopic (exact) mass is 466 g/mol. The van der Waals surface area contributed by atoms with Crippen molar-refractivity contribution >= 4 is 34.0 Å². The van der Waals surface area contributed by atoms with Gasteiger partial charge >= 0.3 is 0 Å². The zero-order chi connectivity index (χ0) is 23.8. The Kier molecular flexibility index (Phi) is 5.64. The van der Waals surface area contributed by atoms with E-state index >= 15 is 0 Å². The van der Waals surface area contributed by atoms with Crippen molar-refractivity contribution in [3.63, 3.8) is 0 Å². The summed E-state index contributed by atoms with van der Waals surface area (Å²) in [6.07, 6.45) is 7.38. The molecule has 1 aliphatic heterocycles. The molecule has 2 aromatic carbocycles. The molecule has 1 aliphatic carbocycles. The van der Waals surface area contributed by atoms with Crippen LogP contribution in [0.3, 0.4) is 0 Å². The first-order valence-corrected chi connectivity index (χ1v) is 12.3. The van der Waals surface area contributed by atoms with E-state index in [1.807, 2.05) is 18.3 Å². The molecule has 0 amide bonds. The van der Waals surface area contributed by atoms with Crippen molar-refractivity contribution in [1.82, 2.24) is 15.2 Å². The average molecular weight is 467 g/mol. The number of benzene rings is 2. The zero-order valence-electron chi connectivity index (χ0n) is 19.5. The molecule has 3 heterocycles. The van der Waals surface area contributed by atoms with Gasteiger partial charge in [0.05, 0.1) is 28.5 Å². The Balaban J connectivity index is 1.48. The smallest absolute Gasteiger partial charge is 0.217 e. The lowest BCUT2D eigenvalue weighted by Gasteiger charge is -2.31. The fourth-order valence-corrected chi connectivity index (χ4v) is 5.60. The maximum absolute atomic E-state index is 14.8. The highest BCUT2D eigenvalue weighted by molar-refractivity contribution is 6.02. The van der Waals surface area contributed by atoms with Crippen molar-refractivity contribution in [3.8, 4) is 0 Å².